The first-order valence-electron chi connectivity index (χ1n) is 6.77. The maximum atomic E-state index is 11.6. The lowest BCUT2D eigenvalue weighted by molar-refractivity contribution is 0.0636. The van der Waals surface area contributed by atoms with Crippen LogP contribution in [0.4, 0.5) is 10.5 Å². The van der Waals surface area contributed by atoms with Gasteiger partial charge in [-0.2, -0.15) is 0 Å². The highest BCUT2D eigenvalue weighted by molar-refractivity contribution is 5.85. The van der Waals surface area contributed by atoms with Gasteiger partial charge >= 0.3 is 6.09 Å². The Morgan fingerprint density at radius 3 is 1.84 bits per heavy atom. The van der Waals surface area contributed by atoms with Gasteiger partial charge in [-0.1, -0.05) is 13.8 Å². The molecule has 1 N–H and O–H groups in total. The number of carbonyl (C=O) groups is 1. The van der Waals surface area contributed by atoms with E-state index in [1.54, 1.807) is 0 Å². The van der Waals surface area contributed by atoms with Crippen molar-refractivity contribution in [2.75, 3.05) is 5.32 Å². The second-order valence-electron chi connectivity index (χ2n) is 5.36. The molecule has 3 nitrogen and oxygen atoms in total. The molecule has 0 saturated carbocycles. The van der Waals surface area contributed by atoms with Crippen molar-refractivity contribution >= 4 is 11.8 Å². The van der Waals surface area contributed by atoms with E-state index >= 15 is 0 Å². The third-order valence-corrected chi connectivity index (χ3v) is 2.57. The minimum atomic E-state index is -0.473. The highest BCUT2D eigenvalue weighted by Gasteiger charge is 2.16. The van der Waals surface area contributed by atoms with Crippen LogP contribution in [0.3, 0.4) is 0 Å². The molecule has 1 aromatic carbocycles. The van der Waals surface area contributed by atoms with Crippen molar-refractivity contribution in [1.82, 2.24) is 0 Å². The van der Waals surface area contributed by atoms with E-state index in [-0.39, 0.29) is 0 Å². The van der Waals surface area contributed by atoms with E-state index < -0.39 is 11.7 Å². The predicted molar refractivity (Wildman–Crippen MR) is 81.9 cm³/mol. The van der Waals surface area contributed by atoms with E-state index in [0.717, 1.165) is 16.8 Å². The molecule has 0 aromatic heterocycles. The van der Waals surface area contributed by atoms with E-state index in [4.69, 9.17) is 4.74 Å². The molecule has 1 aromatic rings. The van der Waals surface area contributed by atoms with Gasteiger partial charge in [-0.05, 0) is 70.4 Å². The standard InChI is InChI=1S/C14H21NO2.C2H6/c1-9-7-12(8-10(2)11(9)3)15-13(16)17-14(4,5)6;1-2/h7-8H,1-6H3,(H,15,16);1-2H3. The smallest absolute Gasteiger partial charge is 0.412 e. The predicted octanol–water partition coefficient (Wildman–Crippen LogP) is 4.99. The quantitative estimate of drug-likeness (QED) is 0.777. The van der Waals surface area contributed by atoms with Gasteiger partial charge in [0.15, 0.2) is 0 Å². The number of aryl methyl sites for hydroxylation is 2. The molecule has 0 fully saturated rings. The molecule has 0 aliphatic rings. The molecule has 0 heterocycles. The molecule has 1 amide bonds. The highest BCUT2D eigenvalue weighted by Crippen LogP contribution is 2.19. The molecular formula is C16H27NO2. The zero-order chi connectivity index (χ0) is 15.2. The number of amides is 1. The number of nitrogens with one attached hydrogen (secondary N) is 1. The molecule has 0 unspecified atom stereocenters. The van der Waals surface area contributed by atoms with Crippen molar-refractivity contribution in [2.45, 2.75) is 61.0 Å². The van der Waals surface area contributed by atoms with Crippen LogP contribution in [0.25, 0.3) is 0 Å². The van der Waals surface area contributed by atoms with Crippen molar-refractivity contribution < 1.29 is 9.53 Å². The van der Waals surface area contributed by atoms with E-state index in [9.17, 15) is 4.79 Å². The number of benzene rings is 1. The maximum absolute atomic E-state index is 11.6. The van der Waals surface area contributed by atoms with Gasteiger partial charge in [0.1, 0.15) is 5.60 Å². The molecule has 0 aliphatic carbocycles. The van der Waals surface area contributed by atoms with Crippen LogP contribution in [-0.4, -0.2) is 11.7 Å². The van der Waals surface area contributed by atoms with Crippen LogP contribution >= 0.6 is 0 Å². The topological polar surface area (TPSA) is 38.3 Å². The zero-order valence-electron chi connectivity index (χ0n) is 13.5. The monoisotopic (exact) mass is 265 g/mol. The normalized spacial score (nSPS) is 10.3. The second-order valence-corrected chi connectivity index (χ2v) is 5.36. The van der Waals surface area contributed by atoms with Gasteiger partial charge in [0.2, 0.25) is 0 Å². The number of carbonyl (C=O) groups excluding carboxylic acids is 1. The van der Waals surface area contributed by atoms with E-state index in [1.165, 1.54) is 5.56 Å². The van der Waals surface area contributed by atoms with E-state index in [0.29, 0.717) is 0 Å². The number of anilines is 1. The fourth-order valence-corrected chi connectivity index (χ4v) is 1.53. The average molecular weight is 265 g/mol. The zero-order valence-corrected chi connectivity index (χ0v) is 13.5. The van der Waals surface area contributed by atoms with Crippen LogP contribution in [0.1, 0.15) is 51.3 Å². The Bertz CT molecular complexity index is 408. The summed E-state index contributed by atoms with van der Waals surface area (Å²) in [5.41, 5.74) is 3.88. The molecule has 108 valence electrons. The summed E-state index contributed by atoms with van der Waals surface area (Å²) >= 11 is 0. The average Bonchev–Trinajstić information content (AvgIpc) is 2.25. The van der Waals surface area contributed by atoms with E-state index in [2.05, 4.69) is 12.2 Å². The van der Waals surface area contributed by atoms with Crippen LogP contribution in [0.15, 0.2) is 12.1 Å². The largest absolute Gasteiger partial charge is 0.444 e. The Kier molecular flexibility index (Phi) is 6.60. The Morgan fingerprint density at radius 2 is 1.47 bits per heavy atom. The molecule has 0 saturated heterocycles. The first kappa shape index (κ1) is 17.5. The van der Waals surface area contributed by atoms with Crippen molar-refractivity contribution in [3.05, 3.63) is 28.8 Å². The first-order valence-corrected chi connectivity index (χ1v) is 6.77. The number of hydrogen-bond donors (Lipinski definition) is 1. The first-order chi connectivity index (χ1) is 8.69. The van der Waals surface area contributed by atoms with Crippen LogP contribution in [-0.2, 0) is 4.74 Å². The third kappa shape index (κ3) is 6.27. The van der Waals surface area contributed by atoms with Crippen LogP contribution in [0.2, 0.25) is 0 Å². The number of ether oxygens (including phenoxy) is 1. The maximum Gasteiger partial charge on any atom is 0.412 e. The van der Waals surface area contributed by atoms with Crippen LogP contribution in [0.5, 0.6) is 0 Å². The summed E-state index contributed by atoms with van der Waals surface area (Å²) in [6.45, 7) is 15.7. The summed E-state index contributed by atoms with van der Waals surface area (Å²) in [5.74, 6) is 0. The summed E-state index contributed by atoms with van der Waals surface area (Å²) in [6, 6.07) is 3.90. The van der Waals surface area contributed by atoms with Crippen molar-refractivity contribution in [3.8, 4) is 0 Å². The fraction of sp³-hybridized carbons (Fsp3) is 0.562. The molecule has 3 heteroatoms. The third-order valence-electron chi connectivity index (χ3n) is 2.57. The molecule has 1 rings (SSSR count). The van der Waals surface area contributed by atoms with Crippen molar-refractivity contribution in [1.29, 1.82) is 0 Å². The Morgan fingerprint density at radius 1 is 1.05 bits per heavy atom. The number of rotatable bonds is 1. The second kappa shape index (κ2) is 7.17. The van der Waals surface area contributed by atoms with Gasteiger partial charge in [0.05, 0.1) is 0 Å². The lowest BCUT2D eigenvalue weighted by atomic mass is 10.0. The Balaban J connectivity index is 0.00000154. The molecule has 0 bridgehead atoms. The Labute approximate surface area is 117 Å². The fourth-order valence-electron chi connectivity index (χ4n) is 1.53. The van der Waals surface area contributed by atoms with Gasteiger partial charge < -0.3 is 4.74 Å². The summed E-state index contributed by atoms with van der Waals surface area (Å²) in [4.78, 5) is 11.6. The minimum absolute atomic E-state index is 0.417. The summed E-state index contributed by atoms with van der Waals surface area (Å²) < 4.78 is 5.20. The summed E-state index contributed by atoms with van der Waals surface area (Å²) in [6.07, 6.45) is -0.417. The summed E-state index contributed by atoms with van der Waals surface area (Å²) in [5, 5.41) is 2.75. The molecule has 0 atom stereocenters. The minimum Gasteiger partial charge on any atom is -0.444 e. The van der Waals surface area contributed by atoms with Gasteiger partial charge in [0, 0.05) is 5.69 Å². The van der Waals surface area contributed by atoms with Crippen molar-refractivity contribution in [3.63, 3.8) is 0 Å². The molecule has 0 spiro atoms. The van der Waals surface area contributed by atoms with Gasteiger partial charge in [-0.15, -0.1) is 0 Å². The highest BCUT2D eigenvalue weighted by atomic mass is 16.6. The summed E-state index contributed by atoms with van der Waals surface area (Å²) in [7, 11) is 0. The van der Waals surface area contributed by atoms with Gasteiger partial charge in [-0.25, -0.2) is 4.79 Å². The lowest BCUT2D eigenvalue weighted by Gasteiger charge is -2.20. The number of hydrogen-bond acceptors (Lipinski definition) is 2. The van der Waals surface area contributed by atoms with Crippen molar-refractivity contribution in [2.24, 2.45) is 0 Å². The van der Waals surface area contributed by atoms with Gasteiger partial charge in [-0.3, -0.25) is 5.32 Å². The molecule has 0 aliphatic heterocycles. The SMILES string of the molecule is CC.Cc1cc(NC(=O)OC(C)(C)C)cc(C)c1C. The van der Waals surface area contributed by atoms with E-state index in [1.807, 2.05) is 60.6 Å². The lowest BCUT2D eigenvalue weighted by Crippen LogP contribution is -2.27. The van der Waals surface area contributed by atoms with Crippen LogP contribution < -0.4 is 5.32 Å². The molecule has 0 radical (unpaired) electrons. The Hall–Kier alpha value is -1.51. The van der Waals surface area contributed by atoms with Crippen LogP contribution in [0, 0.1) is 20.8 Å². The van der Waals surface area contributed by atoms with Gasteiger partial charge in [0.25, 0.3) is 0 Å². The molecule has 19 heavy (non-hydrogen) atoms. The molecular weight excluding hydrogens is 238 g/mol.